The number of rotatable bonds is 6. The van der Waals surface area contributed by atoms with Crippen LogP contribution in [-0.2, 0) is 0 Å². The van der Waals surface area contributed by atoms with Gasteiger partial charge in [-0.1, -0.05) is 35.3 Å². The summed E-state index contributed by atoms with van der Waals surface area (Å²) in [6, 6.07) is 13.2. The molecule has 3 N–H and O–H groups in total. The first kappa shape index (κ1) is 18.5. The standard InChI is InChI=1S/C20H18Cl2N6/c21-13-5-6-14(16(22)11-13)20-27-17-4-2-1-3-15(17)19(28-20)26-10-9-25-18-12-23-7-8-24-18/h1-7,11-12,24-25H,8-10H2,(H,26,27,28). The number of hydrogen-bond acceptors (Lipinski definition) is 6. The molecule has 0 aliphatic carbocycles. The van der Waals surface area contributed by atoms with Crippen LogP contribution in [0.15, 0.2) is 59.5 Å². The first-order valence-corrected chi connectivity index (χ1v) is 9.62. The molecule has 0 fully saturated rings. The van der Waals surface area contributed by atoms with Gasteiger partial charge in [-0.15, -0.1) is 0 Å². The van der Waals surface area contributed by atoms with Gasteiger partial charge >= 0.3 is 0 Å². The van der Waals surface area contributed by atoms with Crippen molar-refractivity contribution in [3.63, 3.8) is 0 Å². The molecule has 142 valence electrons. The molecule has 4 rings (SSSR count). The smallest absolute Gasteiger partial charge is 0.163 e. The van der Waals surface area contributed by atoms with E-state index in [9.17, 15) is 0 Å². The second kappa shape index (κ2) is 8.46. The Hall–Kier alpha value is -2.83. The number of halogens is 2. The maximum Gasteiger partial charge on any atom is 0.163 e. The van der Waals surface area contributed by atoms with E-state index in [4.69, 9.17) is 28.2 Å². The van der Waals surface area contributed by atoms with Crippen LogP contribution in [0.4, 0.5) is 5.82 Å². The van der Waals surface area contributed by atoms with E-state index >= 15 is 0 Å². The number of fused-ring (bicyclic) bond motifs is 1. The van der Waals surface area contributed by atoms with Gasteiger partial charge in [-0.25, -0.2) is 9.97 Å². The van der Waals surface area contributed by atoms with Crippen LogP contribution in [0.1, 0.15) is 0 Å². The van der Waals surface area contributed by atoms with E-state index in [1.165, 1.54) is 0 Å². The molecular formula is C20H18Cl2N6. The summed E-state index contributed by atoms with van der Waals surface area (Å²) in [7, 11) is 0. The highest BCUT2D eigenvalue weighted by molar-refractivity contribution is 6.36. The van der Waals surface area contributed by atoms with E-state index < -0.39 is 0 Å². The van der Waals surface area contributed by atoms with E-state index in [2.05, 4.69) is 25.9 Å². The number of aromatic nitrogens is 2. The van der Waals surface area contributed by atoms with Crippen molar-refractivity contribution in [1.29, 1.82) is 0 Å². The molecule has 0 saturated carbocycles. The van der Waals surface area contributed by atoms with Crippen molar-refractivity contribution in [2.75, 3.05) is 25.0 Å². The third-order valence-corrected chi connectivity index (χ3v) is 4.75. The monoisotopic (exact) mass is 412 g/mol. The Kier molecular flexibility index (Phi) is 5.60. The van der Waals surface area contributed by atoms with Crippen LogP contribution < -0.4 is 16.0 Å². The molecule has 1 aliphatic rings. The highest BCUT2D eigenvalue weighted by atomic mass is 35.5. The molecule has 0 amide bonds. The average Bonchev–Trinajstić information content (AvgIpc) is 2.72. The van der Waals surface area contributed by atoms with Crippen LogP contribution in [0.3, 0.4) is 0 Å². The lowest BCUT2D eigenvalue weighted by Gasteiger charge is -2.15. The van der Waals surface area contributed by atoms with Crippen LogP contribution in [0.5, 0.6) is 0 Å². The van der Waals surface area contributed by atoms with Gasteiger partial charge in [-0.3, -0.25) is 4.99 Å². The fourth-order valence-corrected chi connectivity index (χ4v) is 3.36. The predicted molar refractivity (Wildman–Crippen MR) is 116 cm³/mol. The Balaban J connectivity index is 1.57. The lowest BCUT2D eigenvalue weighted by atomic mass is 10.2. The van der Waals surface area contributed by atoms with Crippen LogP contribution in [0.25, 0.3) is 22.3 Å². The number of benzene rings is 2. The van der Waals surface area contributed by atoms with Gasteiger partial charge in [0.2, 0.25) is 0 Å². The van der Waals surface area contributed by atoms with Gasteiger partial charge in [-0.2, -0.15) is 0 Å². The first-order valence-electron chi connectivity index (χ1n) is 8.86. The van der Waals surface area contributed by atoms with Gasteiger partial charge in [0.25, 0.3) is 0 Å². The predicted octanol–water partition coefficient (Wildman–Crippen LogP) is 4.08. The van der Waals surface area contributed by atoms with E-state index in [0.29, 0.717) is 29.0 Å². The molecule has 6 nitrogen and oxygen atoms in total. The third-order valence-electron chi connectivity index (χ3n) is 4.20. The quantitative estimate of drug-likeness (QED) is 0.531. The molecule has 0 unspecified atom stereocenters. The van der Waals surface area contributed by atoms with Crippen LogP contribution in [-0.4, -0.2) is 35.8 Å². The van der Waals surface area contributed by atoms with Crippen molar-refractivity contribution in [2.24, 2.45) is 4.99 Å². The van der Waals surface area contributed by atoms with Gasteiger partial charge in [0.15, 0.2) is 5.82 Å². The summed E-state index contributed by atoms with van der Waals surface area (Å²) < 4.78 is 0. The van der Waals surface area contributed by atoms with Crippen molar-refractivity contribution in [3.8, 4) is 11.4 Å². The number of hydrogen-bond donors (Lipinski definition) is 3. The second-order valence-corrected chi connectivity index (χ2v) is 6.99. The second-order valence-electron chi connectivity index (χ2n) is 6.15. The van der Waals surface area contributed by atoms with Crippen LogP contribution >= 0.6 is 23.2 Å². The molecule has 3 aromatic rings. The summed E-state index contributed by atoms with van der Waals surface area (Å²) in [6.45, 7) is 2.12. The molecule has 2 aromatic carbocycles. The zero-order valence-electron chi connectivity index (χ0n) is 14.9. The number of nitrogens with zero attached hydrogens (tertiary/aromatic N) is 3. The number of para-hydroxylation sites is 1. The Labute approximate surface area is 172 Å². The normalized spacial score (nSPS) is 13.1. The van der Waals surface area contributed by atoms with Crippen LogP contribution in [0.2, 0.25) is 10.0 Å². The van der Waals surface area contributed by atoms with Crippen molar-refractivity contribution in [3.05, 3.63) is 64.5 Å². The molecule has 2 heterocycles. The number of nitrogens with one attached hydrogen (secondary N) is 3. The highest BCUT2D eigenvalue weighted by Gasteiger charge is 2.12. The number of anilines is 1. The molecule has 28 heavy (non-hydrogen) atoms. The largest absolute Gasteiger partial charge is 0.369 e. The van der Waals surface area contributed by atoms with E-state index in [1.54, 1.807) is 18.3 Å². The fourth-order valence-electron chi connectivity index (χ4n) is 2.87. The minimum atomic E-state index is 0.520. The van der Waals surface area contributed by atoms with E-state index in [-0.39, 0.29) is 0 Å². The summed E-state index contributed by atoms with van der Waals surface area (Å²) in [5.74, 6) is 2.23. The zero-order chi connectivity index (χ0) is 19.3. The maximum atomic E-state index is 6.36. The lowest BCUT2D eigenvalue weighted by molar-refractivity contribution is 0.722. The van der Waals surface area contributed by atoms with E-state index in [1.807, 2.05) is 36.5 Å². The third kappa shape index (κ3) is 4.18. The molecule has 0 bridgehead atoms. The Bertz CT molecular complexity index is 1060. The van der Waals surface area contributed by atoms with Crippen molar-refractivity contribution in [1.82, 2.24) is 20.6 Å². The highest BCUT2D eigenvalue weighted by Crippen LogP contribution is 2.31. The topological polar surface area (TPSA) is 74.2 Å². The van der Waals surface area contributed by atoms with Crippen LogP contribution in [0, 0.1) is 0 Å². The molecule has 1 aliphatic heterocycles. The molecule has 8 heteroatoms. The number of aliphatic imine (C=N–C) groups is 1. The van der Waals surface area contributed by atoms with Gasteiger partial charge in [-0.05, 0) is 30.3 Å². The Morgan fingerprint density at radius 2 is 1.86 bits per heavy atom. The summed E-state index contributed by atoms with van der Waals surface area (Å²) in [4.78, 5) is 13.5. The lowest BCUT2D eigenvalue weighted by Crippen LogP contribution is -2.32. The van der Waals surface area contributed by atoms with Crippen molar-refractivity contribution in [2.45, 2.75) is 0 Å². The van der Waals surface area contributed by atoms with Gasteiger partial charge in [0, 0.05) is 35.3 Å². The Morgan fingerprint density at radius 3 is 2.68 bits per heavy atom. The molecule has 1 aromatic heterocycles. The molecule has 0 saturated heterocycles. The van der Waals surface area contributed by atoms with Crippen molar-refractivity contribution < 1.29 is 0 Å². The molecular weight excluding hydrogens is 395 g/mol. The minimum Gasteiger partial charge on any atom is -0.369 e. The summed E-state index contributed by atoms with van der Waals surface area (Å²) in [5.41, 5.74) is 1.59. The molecule has 0 spiro atoms. The maximum absolute atomic E-state index is 6.36. The molecule has 0 atom stereocenters. The molecule has 0 radical (unpaired) electrons. The average molecular weight is 413 g/mol. The Morgan fingerprint density at radius 1 is 1.00 bits per heavy atom. The summed E-state index contributed by atoms with van der Waals surface area (Å²) in [6.07, 6.45) is 3.59. The van der Waals surface area contributed by atoms with Gasteiger partial charge in [0.05, 0.1) is 23.3 Å². The van der Waals surface area contributed by atoms with Crippen molar-refractivity contribution >= 4 is 46.1 Å². The zero-order valence-corrected chi connectivity index (χ0v) is 16.4. The van der Waals surface area contributed by atoms with Gasteiger partial charge in [0.1, 0.15) is 11.6 Å². The first-order chi connectivity index (χ1) is 13.7. The summed E-state index contributed by atoms with van der Waals surface area (Å²) >= 11 is 12.4. The fraction of sp³-hybridized carbons (Fsp3) is 0.150. The SMILES string of the molecule is Clc1ccc(-c2nc(NCCNC3=CN=CCN3)c3ccccc3n2)c(Cl)c1. The van der Waals surface area contributed by atoms with Gasteiger partial charge < -0.3 is 16.0 Å². The summed E-state index contributed by atoms with van der Waals surface area (Å²) in [5, 5.41) is 12.0. The van der Waals surface area contributed by atoms with E-state index in [0.717, 1.165) is 34.6 Å². The minimum absolute atomic E-state index is 0.520.